The van der Waals surface area contributed by atoms with Crippen LogP contribution in [-0.4, -0.2) is 24.3 Å². The van der Waals surface area contributed by atoms with E-state index in [2.05, 4.69) is 11.2 Å². The van der Waals surface area contributed by atoms with Crippen LogP contribution in [0.4, 0.5) is 0 Å². The van der Waals surface area contributed by atoms with Gasteiger partial charge in [-0.2, -0.15) is 0 Å². The summed E-state index contributed by atoms with van der Waals surface area (Å²) in [6.07, 6.45) is 5.85. The summed E-state index contributed by atoms with van der Waals surface area (Å²) in [7, 11) is 0. The van der Waals surface area contributed by atoms with Gasteiger partial charge in [0.25, 0.3) is 0 Å². The maximum absolute atomic E-state index is 8.36. The molecule has 0 radical (unpaired) electrons. The molecule has 52 valence electrons. The Morgan fingerprint density at radius 2 is 2.44 bits per heavy atom. The van der Waals surface area contributed by atoms with Gasteiger partial charge in [-0.05, 0) is 19.9 Å². The molecule has 0 aliphatic carbocycles. The molecule has 9 heavy (non-hydrogen) atoms. The van der Waals surface area contributed by atoms with Crippen molar-refractivity contribution in [2.75, 3.05) is 13.2 Å². The van der Waals surface area contributed by atoms with E-state index in [-0.39, 0.29) is 12.6 Å². The molecule has 2 heteroatoms. The number of hydrogen-bond acceptors (Lipinski definition) is 2. The van der Waals surface area contributed by atoms with E-state index in [9.17, 15) is 0 Å². The van der Waals surface area contributed by atoms with Crippen molar-refractivity contribution >= 4 is 0 Å². The van der Waals surface area contributed by atoms with Gasteiger partial charge in [-0.15, -0.1) is 6.42 Å². The quantitative estimate of drug-likeness (QED) is 0.411. The maximum Gasteiger partial charge on any atom is 0.0658 e. The summed E-state index contributed by atoms with van der Waals surface area (Å²) in [5, 5.41) is 11.4. The molecule has 0 aromatic carbocycles. The third-order valence-electron chi connectivity index (χ3n) is 1.04. The van der Waals surface area contributed by atoms with Crippen molar-refractivity contribution < 1.29 is 5.11 Å². The van der Waals surface area contributed by atoms with Gasteiger partial charge in [0, 0.05) is 6.61 Å². The largest absolute Gasteiger partial charge is 0.396 e. The summed E-state index contributed by atoms with van der Waals surface area (Å²) >= 11 is 0. The summed E-state index contributed by atoms with van der Waals surface area (Å²) in [6, 6.07) is 0.122. The Bertz CT molecular complexity index is 95.6. The molecule has 0 rings (SSSR count). The Morgan fingerprint density at radius 1 is 1.78 bits per heavy atom. The second-order valence-electron chi connectivity index (χ2n) is 1.92. The summed E-state index contributed by atoms with van der Waals surface area (Å²) in [4.78, 5) is 0. The van der Waals surface area contributed by atoms with E-state index in [0.29, 0.717) is 0 Å². The molecule has 0 aromatic heterocycles. The third kappa shape index (κ3) is 5.35. The molecule has 0 aliphatic rings. The van der Waals surface area contributed by atoms with Crippen molar-refractivity contribution in [2.24, 2.45) is 0 Å². The molecular formula is C7H13NO. The molecule has 0 aromatic rings. The van der Waals surface area contributed by atoms with Gasteiger partial charge < -0.3 is 10.4 Å². The highest BCUT2D eigenvalue weighted by Gasteiger charge is 1.91. The van der Waals surface area contributed by atoms with E-state index in [1.165, 1.54) is 0 Å². The number of hydrogen-bond donors (Lipinski definition) is 2. The van der Waals surface area contributed by atoms with Gasteiger partial charge in [-0.1, -0.05) is 5.92 Å². The fourth-order valence-corrected chi connectivity index (χ4v) is 0.457. The molecule has 1 atom stereocenters. The summed E-state index contributed by atoms with van der Waals surface area (Å²) < 4.78 is 0. The molecule has 0 saturated heterocycles. The van der Waals surface area contributed by atoms with E-state index in [4.69, 9.17) is 11.5 Å². The zero-order valence-corrected chi connectivity index (χ0v) is 5.72. The van der Waals surface area contributed by atoms with E-state index in [0.717, 1.165) is 13.0 Å². The molecule has 2 N–H and O–H groups in total. The minimum absolute atomic E-state index is 0.122. The van der Waals surface area contributed by atoms with Gasteiger partial charge in [0.05, 0.1) is 6.04 Å². The zero-order chi connectivity index (χ0) is 7.11. The molecular weight excluding hydrogens is 114 g/mol. The second kappa shape index (κ2) is 5.61. The average molecular weight is 127 g/mol. The molecule has 0 saturated carbocycles. The fraction of sp³-hybridized carbons (Fsp3) is 0.714. The van der Waals surface area contributed by atoms with Gasteiger partial charge in [-0.25, -0.2) is 0 Å². The number of terminal acetylenes is 1. The van der Waals surface area contributed by atoms with Crippen LogP contribution < -0.4 is 5.32 Å². The lowest BCUT2D eigenvalue weighted by Gasteiger charge is -2.04. The fourth-order valence-electron chi connectivity index (χ4n) is 0.457. The smallest absolute Gasteiger partial charge is 0.0658 e. The molecule has 0 spiro atoms. The highest BCUT2D eigenvalue weighted by Crippen LogP contribution is 1.77. The molecule has 2 nitrogen and oxygen atoms in total. The molecule has 0 amide bonds. The van der Waals surface area contributed by atoms with Gasteiger partial charge in [0.1, 0.15) is 0 Å². The number of aliphatic hydroxyl groups is 1. The second-order valence-corrected chi connectivity index (χ2v) is 1.92. The maximum atomic E-state index is 8.36. The van der Waals surface area contributed by atoms with Crippen LogP contribution in [0.1, 0.15) is 13.3 Å². The van der Waals surface area contributed by atoms with Crippen molar-refractivity contribution in [3.05, 3.63) is 0 Å². The van der Waals surface area contributed by atoms with Crippen LogP contribution in [0.15, 0.2) is 0 Å². The van der Waals surface area contributed by atoms with Crippen LogP contribution in [0, 0.1) is 12.3 Å². The van der Waals surface area contributed by atoms with Crippen molar-refractivity contribution in [3.63, 3.8) is 0 Å². The highest BCUT2D eigenvalue weighted by molar-refractivity contribution is 4.95. The minimum atomic E-state index is 0.122. The van der Waals surface area contributed by atoms with Crippen LogP contribution in [-0.2, 0) is 0 Å². The monoisotopic (exact) mass is 127 g/mol. The summed E-state index contributed by atoms with van der Waals surface area (Å²) in [5.74, 6) is 2.53. The van der Waals surface area contributed by atoms with Gasteiger partial charge in [0.15, 0.2) is 0 Å². The number of aliphatic hydroxyl groups excluding tert-OH is 1. The first-order valence-corrected chi connectivity index (χ1v) is 3.11. The van der Waals surface area contributed by atoms with E-state index >= 15 is 0 Å². The molecule has 0 heterocycles. The number of nitrogens with one attached hydrogen (secondary N) is 1. The Balaban J connectivity index is 2.99. The minimum Gasteiger partial charge on any atom is -0.396 e. The van der Waals surface area contributed by atoms with Crippen molar-refractivity contribution in [1.29, 1.82) is 0 Å². The van der Waals surface area contributed by atoms with Crippen LogP contribution in [0.3, 0.4) is 0 Å². The Labute approximate surface area is 56.3 Å². The van der Waals surface area contributed by atoms with Gasteiger partial charge >= 0.3 is 0 Å². The van der Waals surface area contributed by atoms with Gasteiger partial charge in [-0.3, -0.25) is 0 Å². The summed E-state index contributed by atoms with van der Waals surface area (Å²) in [6.45, 7) is 2.93. The average Bonchev–Trinajstić information content (AvgIpc) is 1.89. The molecule has 0 fully saturated rings. The van der Waals surface area contributed by atoms with Gasteiger partial charge in [0.2, 0.25) is 0 Å². The van der Waals surface area contributed by atoms with E-state index in [1.807, 2.05) is 6.92 Å². The van der Waals surface area contributed by atoms with Crippen molar-refractivity contribution in [1.82, 2.24) is 5.32 Å². The summed E-state index contributed by atoms with van der Waals surface area (Å²) in [5.41, 5.74) is 0. The lowest BCUT2D eigenvalue weighted by atomic mass is 10.3. The Hall–Kier alpha value is -0.520. The van der Waals surface area contributed by atoms with Crippen molar-refractivity contribution in [2.45, 2.75) is 19.4 Å². The molecule has 0 bridgehead atoms. The first-order chi connectivity index (χ1) is 4.31. The van der Waals surface area contributed by atoms with E-state index in [1.54, 1.807) is 0 Å². The first-order valence-electron chi connectivity index (χ1n) is 3.11. The normalized spacial score (nSPS) is 12.6. The molecule has 1 unspecified atom stereocenters. The SMILES string of the molecule is C#CC(C)NCCCO. The topological polar surface area (TPSA) is 32.3 Å². The Kier molecular flexibility index (Phi) is 5.29. The lowest BCUT2D eigenvalue weighted by molar-refractivity contribution is 0.285. The number of rotatable bonds is 4. The van der Waals surface area contributed by atoms with Crippen molar-refractivity contribution in [3.8, 4) is 12.3 Å². The standard InChI is InChI=1S/C7H13NO/c1-3-7(2)8-5-4-6-9/h1,7-9H,4-6H2,2H3. The van der Waals surface area contributed by atoms with E-state index < -0.39 is 0 Å². The Morgan fingerprint density at radius 3 is 2.89 bits per heavy atom. The highest BCUT2D eigenvalue weighted by atomic mass is 16.3. The lowest BCUT2D eigenvalue weighted by Crippen LogP contribution is -2.25. The van der Waals surface area contributed by atoms with Crippen LogP contribution >= 0.6 is 0 Å². The predicted molar refractivity (Wildman–Crippen MR) is 38.0 cm³/mol. The predicted octanol–water partition coefficient (Wildman–Crippen LogP) is -0.0199. The van der Waals surface area contributed by atoms with Crippen LogP contribution in [0.2, 0.25) is 0 Å². The first kappa shape index (κ1) is 8.48. The van der Waals surface area contributed by atoms with Crippen LogP contribution in [0.25, 0.3) is 0 Å². The molecule has 0 aliphatic heterocycles. The zero-order valence-electron chi connectivity index (χ0n) is 5.72. The third-order valence-corrected chi connectivity index (χ3v) is 1.04. The van der Waals surface area contributed by atoms with Crippen LogP contribution in [0.5, 0.6) is 0 Å².